The van der Waals surface area contributed by atoms with Gasteiger partial charge in [-0.15, -0.1) is 4.74 Å². The molecule has 6 heteroatoms. The third kappa shape index (κ3) is 3.78. The van der Waals surface area contributed by atoms with E-state index < -0.39 is 5.56 Å². The lowest BCUT2D eigenvalue weighted by Crippen LogP contribution is -2.44. The zero-order valence-electron chi connectivity index (χ0n) is 11.5. The average molecular weight is 267 g/mol. The second kappa shape index (κ2) is 6.16. The summed E-state index contributed by atoms with van der Waals surface area (Å²) >= 11 is 0. The largest absolute Gasteiger partial charge is 0.373 e. The van der Waals surface area contributed by atoms with Crippen LogP contribution in [0.3, 0.4) is 0 Å². The van der Waals surface area contributed by atoms with Crippen molar-refractivity contribution in [2.24, 2.45) is 0 Å². The molecule has 0 bridgehead atoms. The van der Waals surface area contributed by atoms with E-state index in [4.69, 9.17) is 4.52 Å². The molecule has 0 spiro atoms. The number of aromatic nitrogens is 1. The number of hydrogen-bond acceptors (Lipinski definition) is 5. The fourth-order valence-corrected chi connectivity index (χ4v) is 2.44. The molecule has 106 valence electrons. The van der Waals surface area contributed by atoms with E-state index in [1.807, 2.05) is 11.9 Å². The van der Waals surface area contributed by atoms with E-state index in [-0.39, 0.29) is 12.5 Å². The van der Waals surface area contributed by atoms with Gasteiger partial charge >= 0.3 is 0 Å². The Hall–Kier alpha value is -1.40. The molecular formula is C13H21N3O3. The number of rotatable bonds is 4. The molecule has 2 heterocycles. The van der Waals surface area contributed by atoms with Gasteiger partial charge < -0.3 is 9.84 Å². The van der Waals surface area contributed by atoms with E-state index in [0.717, 1.165) is 24.3 Å². The van der Waals surface area contributed by atoms with Crippen molar-refractivity contribution in [3.05, 3.63) is 22.2 Å². The van der Waals surface area contributed by atoms with Gasteiger partial charge in [0.1, 0.15) is 5.76 Å². The number of likely N-dealkylation sites (N-methyl/N-ethyl adjacent to an activating group) is 1. The summed E-state index contributed by atoms with van der Waals surface area (Å²) in [6.07, 6.45) is 3.59. The summed E-state index contributed by atoms with van der Waals surface area (Å²) in [4.78, 5) is 25.3. The fraction of sp³-hybridized carbons (Fsp3) is 0.692. The van der Waals surface area contributed by atoms with E-state index in [9.17, 15) is 9.59 Å². The van der Waals surface area contributed by atoms with Gasteiger partial charge in [0.25, 0.3) is 11.5 Å². The molecule has 0 radical (unpaired) electrons. The Balaban J connectivity index is 1.87. The number of carbonyl (C=O) groups is 1. The summed E-state index contributed by atoms with van der Waals surface area (Å²) in [5.41, 5.74) is -0.397. The highest BCUT2D eigenvalue weighted by atomic mass is 16.5. The van der Waals surface area contributed by atoms with Crippen LogP contribution in [-0.2, 0) is 0 Å². The number of nitrogens with one attached hydrogen (secondary N) is 1. The molecule has 1 saturated heterocycles. The standard InChI is InChI=1S/C13H21N3O3/c1-10-7-12(17)16(19-10)13(18)9-15(2)8-11-5-3-4-6-14-11/h7,11,14H,3-6,8-9H2,1-2H3. The fourth-order valence-electron chi connectivity index (χ4n) is 2.44. The zero-order chi connectivity index (χ0) is 13.8. The van der Waals surface area contributed by atoms with Crippen LogP contribution in [0, 0.1) is 6.92 Å². The van der Waals surface area contributed by atoms with Crippen molar-refractivity contribution in [1.29, 1.82) is 0 Å². The summed E-state index contributed by atoms with van der Waals surface area (Å²) in [6, 6.07) is 1.75. The Morgan fingerprint density at radius 2 is 2.37 bits per heavy atom. The van der Waals surface area contributed by atoms with E-state index in [2.05, 4.69) is 5.32 Å². The first-order valence-corrected chi connectivity index (χ1v) is 6.71. The summed E-state index contributed by atoms with van der Waals surface area (Å²) < 4.78 is 5.91. The van der Waals surface area contributed by atoms with Gasteiger partial charge in [-0.2, -0.15) is 0 Å². The molecule has 1 aromatic heterocycles. The third-order valence-corrected chi connectivity index (χ3v) is 3.34. The summed E-state index contributed by atoms with van der Waals surface area (Å²) in [7, 11) is 1.88. The minimum Gasteiger partial charge on any atom is -0.373 e. The zero-order valence-corrected chi connectivity index (χ0v) is 11.5. The van der Waals surface area contributed by atoms with Gasteiger partial charge in [0.15, 0.2) is 0 Å². The number of carbonyl (C=O) groups excluding carboxylic acids is 1. The Morgan fingerprint density at radius 1 is 1.58 bits per heavy atom. The highest BCUT2D eigenvalue weighted by Crippen LogP contribution is 2.07. The van der Waals surface area contributed by atoms with Crippen molar-refractivity contribution in [2.45, 2.75) is 32.2 Å². The van der Waals surface area contributed by atoms with Crippen LogP contribution in [0.25, 0.3) is 0 Å². The van der Waals surface area contributed by atoms with Gasteiger partial charge in [-0.25, -0.2) is 0 Å². The van der Waals surface area contributed by atoms with Gasteiger partial charge in [-0.3, -0.25) is 14.5 Å². The maximum absolute atomic E-state index is 11.9. The molecule has 0 saturated carbocycles. The molecule has 1 atom stereocenters. The molecule has 0 amide bonds. The molecule has 1 aliphatic heterocycles. The van der Waals surface area contributed by atoms with Gasteiger partial charge in [0.05, 0.1) is 6.54 Å². The average Bonchev–Trinajstić information content (AvgIpc) is 2.69. The number of hydrogen-bond donors (Lipinski definition) is 1. The first-order valence-electron chi connectivity index (χ1n) is 6.71. The lowest BCUT2D eigenvalue weighted by molar-refractivity contribution is 0.0723. The Labute approximate surface area is 112 Å². The van der Waals surface area contributed by atoms with Crippen LogP contribution in [0.5, 0.6) is 0 Å². The first kappa shape index (κ1) is 14.0. The minimum absolute atomic E-state index is 0.186. The van der Waals surface area contributed by atoms with Crippen LogP contribution in [-0.4, -0.2) is 48.3 Å². The highest BCUT2D eigenvalue weighted by Gasteiger charge is 2.18. The molecule has 6 nitrogen and oxygen atoms in total. The van der Waals surface area contributed by atoms with E-state index in [1.54, 1.807) is 6.92 Å². The molecule has 1 aliphatic rings. The maximum atomic E-state index is 11.9. The Bertz CT molecular complexity index is 486. The number of nitrogens with zero attached hydrogens (tertiary/aromatic N) is 2. The Morgan fingerprint density at radius 3 is 2.95 bits per heavy atom. The monoisotopic (exact) mass is 267 g/mol. The summed E-state index contributed by atoms with van der Waals surface area (Å²) in [5, 5.41) is 3.43. The van der Waals surface area contributed by atoms with Gasteiger partial charge in [0.2, 0.25) is 0 Å². The molecule has 1 fully saturated rings. The van der Waals surface area contributed by atoms with Crippen molar-refractivity contribution in [1.82, 2.24) is 15.0 Å². The lowest BCUT2D eigenvalue weighted by Gasteiger charge is -2.27. The highest BCUT2D eigenvalue weighted by molar-refractivity contribution is 5.79. The van der Waals surface area contributed by atoms with Crippen molar-refractivity contribution >= 4 is 5.91 Å². The normalized spacial score (nSPS) is 19.8. The predicted octanol–water partition coefficient (Wildman–Crippen LogP) is 0.464. The molecule has 0 aromatic carbocycles. The van der Waals surface area contributed by atoms with Crippen LogP contribution >= 0.6 is 0 Å². The van der Waals surface area contributed by atoms with Gasteiger partial charge in [0, 0.05) is 18.7 Å². The molecule has 0 aliphatic carbocycles. The number of aryl methyl sites for hydroxylation is 1. The molecule has 1 unspecified atom stereocenters. The number of piperidine rings is 1. The lowest BCUT2D eigenvalue weighted by atomic mass is 10.0. The smallest absolute Gasteiger partial charge is 0.290 e. The minimum atomic E-state index is -0.397. The topological polar surface area (TPSA) is 67.5 Å². The summed E-state index contributed by atoms with van der Waals surface area (Å²) in [5.74, 6) is 0.131. The van der Waals surface area contributed by atoms with Gasteiger partial charge in [-0.1, -0.05) is 6.42 Å². The SMILES string of the molecule is Cc1cc(=O)n(C(=O)CN(C)CC2CCCCN2)o1. The van der Waals surface area contributed by atoms with Crippen LogP contribution in [0.1, 0.15) is 29.8 Å². The quantitative estimate of drug-likeness (QED) is 0.858. The maximum Gasteiger partial charge on any atom is 0.290 e. The summed E-state index contributed by atoms with van der Waals surface area (Å²) in [6.45, 7) is 3.69. The first-order chi connectivity index (χ1) is 9.06. The molecular weight excluding hydrogens is 246 g/mol. The van der Waals surface area contributed by atoms with Crippen molar-refractivity contribution in [2.75, 3.05) is 26.7 Å². The van der Waals surface area contributed by atoms with Crippen molar-refractivity contribution < 1.29 is 9.32 Å². The molecule has 1 aromatic rings. The van der Waals surface area contributed by atoms with Gasteiger partial charge in [-0.05, 0) is 33.4 Å². The molecule has 19 heavy (non-hydrogen) atoms. The van der Waals surface area contributed by atoms with Crippen molar-refractivity contribution in [3.63, 3.8) is 0 Å². The van der Waals surface area contributed by atoms with E-state index in [0.29, 0.717) is 11.8 Å². The second-order valence-electron chi connectivity index (χ2n) is 5.22. The predicted molar refractivity (Wildman–Crippen MR) is 71.5 cm³/mol. The van der Waals surface area contributed by atoms with E-state index >= 15 is 0 Å². The molecule has 1 N–H and O–H groups in total. The second-order valence-corrected chi connectivity index (χ2v) is 5.22. The molecule has 2 rings (SSSR count). The van der Waals surface area contributed by atoms with Crippen LogP contribution in [0.15, 0.2) is 15.4 Å². The Kier molecular flexibility index (Phi) is 4.55. The van der Waals surface area contributed by atoms with Crippen molar-refractivity contribution in [3.8, 4) is 0 Å². The van der Waals surface area contributed by atoms with E-state index in [1.165, 1.54) is 18.9 Å². The van der Waals surface area contributed by atoms with Crippen LogP contribution in [0.2, 0.25) is 0 Å². The third-order valence-electron chi connectivity index (χ3n) is 3.34. The van der Waals surface area contributed by atoms with Crippen LogP contribution in [0.4, 0.5) is 0 Å². The van der Waals surface area contributed by atoms with Crippen LogP contribution < -0.4 is 10.9 Å².